The lowest BCUT2D eigenvalue weighted by Crippen LogP contribution is -2.39. The van der Waals surface area contributed by atoms with Gasteiger partial charge in [-0.05, 0) is 48.4 Å². The van der Waals surface area contributed by atoms with E-state index >= 15 is 0 Å². The summed E-state index contributed by atoms with van der Waals surface area (Å²) in [4.78, 5) is 22.0. The Morgan fingerprint density at radius 2 is 1.86 bits per heavy atom. The Labute approximate surface area is 213 Å². The highest BCUT2D eigenvalue weighted by atomic mass is 32.1. The maximum atomic E-state index is 13.7. The largest absolute Gasteiger partial charge is 0.493 e. The molecule has 0 radical (unpaired) electrons. The zero-order valence-corrected chi connectivity index (χ0v) is 21.5. The molecule has 0 spiro atoms. The number of hydrogen-bond donors (Lipinski definition) is 0. The molecule has 0 aliphatic carbocycles. The van der Waals surface area contributed by atoms with Gasteiger partial charge in [0.05, 0.1) is 44.8 Å². The fourth-order valence-corrected chi connectivity index (χ4v) is 5.06. The van der Waals surface area contributed by atoms with Gasteiger partial charge in [-0.1, -0.05) is 11.3 Å². The van der Waals surface area contributed by atoms with Crippen molar-refractivity contribution in [3.63, 3.8) is 0 Å². The number of anilines is 1. The van der Waals surface area contributed by atoms with Gasteiger partial charge in [-0.2, -0.15) is 0 Å². The lowest BCUT2D eigenvalue weighted by Gasteiger charge is -2.27. The molecule has 1 amide bonds. The van der Waals surface area contributed by atoms with E-state index in [2.05, 4.69) is 9.88 Å². The van der Waals surface area contributed by atoms with Crippen molar-refractivity contribution in [2.24, 2.45) is 0 Å². The zero-order valence-electron chi connectivity index (χ0n) is 20.7. The normalized spacial score (nSPS) is 14.3. The topological polar surface area (TPSA) is 73.4 Å². The van der Waals surface area contributed by atoms with Gasteiger partial charge in [0.1, 0.15) is 5.82 Å². The number of benzene rings is 2. The first-order valence-electron chi connectivity index (χ1n) is 11.7. The number of fused-ring (bicyclic) bond motifs is 1. The van der Waals surface area contributed by atoms with Gasteiger partial charge in [-0.15, -0.1) is 0 Å². The van der Waals surface area contributed by atoms with Crippen LogP contribution in [-0.2, 0) is 9.53 Å². The summed E-state index contributed by atoms with van der Waals surface area (Å²) in [5, 5.41) is 0.539. The highest BCUT2D eigenvalue weighted by molar-refractivity contribution is 7.22. The van der Waals surface area contributed by atoms with Gasteiger partial charge in [0.15, 0.2) is 16.6 Å². The molecular formula is C26H30FN3O5S. The number of aromatic nitrogens is 1. The second-order valence-corrected chi connectivity index (χ2v) is 9.21. The van der Waals surface area contributed by atoms with E-state index in [9.17, 15) is 9.18 Å². The van der Waals surface area contributed by atoms with Crippen LogP contribution >= 0.6 is 11.3 Å². The fraction of sp³-hybridized carbons (Fsp3) is 0.385. The summed E-state index contributed by atoms with van der Waals surface area (Å²) >= 11 is 1.30. The Kier molecular flexibility index (Phi) is 8.74. The molecule has 0 saturated carbocycles. The maximum absolute atomic E-state index is 13.7. The van der Waals surface area contributed by atoms with Crippen LogP contribution in [0.3, 0.4) is 0 Å². The molecule has 1 fully saturated rings. The predicted octanol–water partition coefficient (Wildman–Crippen LogP) is 4.23. The van der Waals surface area contributed by atoms with Crippen molar-refractivity contribution in [1.29, 1.82) is 0 Å². The number of hydrogen-bond acceptors (Lipinski definition) is 8. The third kappa shape index (κ3) is 6.13. The molecule has 10 heteroatoms. The summed E-state index contributed by atoms with van der Waals surface area (Å²) in [5.74, 6) is 0.935. The fourth-order valence-electron chi connectivity index (χ4n) is 4.03. The minimum atomic E-state index is -0.329. The molecule has 1 aliphatic rings. The van der Waals surface area contributed by atoms with Gasteiger partial charge in [-0.3, -0.25) is 14.6 Å². The molecule has 36 heavy (non-hydrogen) atoms. The average Bonchev–Trinajstić information content (AvgIpc) is 3.32. The second kappa shape index (κ2) is 12.2. The third-order valence-electron chi connectivity index (χ3n) is 5.90. The molecule has 0 bridgehead atoms. The number of thiazole rings is 1. The van der Waals surface area contributed by atoms with E-state index in [1.807, 2.05) is 0 Å². The number of methoxy groups -OCH3 is 3. The number of carbonyl (C=O) groups excluding carboxylic acids is 1. The zero-order chi connectivity index (χ0) is 25.5. The molecule has 0 N–H and O–H groups in total. The maximum Gasteiger partial charge on any atom is 0.252 e. The number of rotatable bonds is 10. The van der Waals surface area contributed by atoms with E-state index in [1.54, 1.807) is 43.4 Å². The average molecular weight is 516 g/mol. The number of halogens is 1. The molecule has 3 aromatic rings. The van der Waals surface area contributed by atoms with Crippen molar-refractivity contribution in [1.82, 2.24) is 9.88 Å². The minimum absolute atomic E-state index is 0.217. The van der Waals surface area contributed by atoms with Crippen LogP contribution in [-0.4, -0.2) is 76.5 Å². The predicted molar refractivity (Wildman–Crippen MR) is 139 cm³/mol. The first-order valence-corrected chi connectivity index (χ1v) is 12.5. The van der Waals surface area contributed by atoms with E-state index in [1.165, 1.54) is 36.7 Å². The van der Waals surface area contributed by atoms with Crippen molar-refractivity contribution in [3.8, 4) is 17.2 Å². The lowest BCUT2D eigenvalue weighted by molar-refractivity contribution is -0.114. The smallest absolute Gasteiger partial charge is 0.252 e. The summed E-state index contributed by atoms with van der Waals surface area (Å²) in [5.41, 5.74) is 1.38. The van der Waals surface area contributed by atoms with E-state index in [0.29, 0.717) is 39.1 Å². The summed E-state index contributed by atoms with van der Waals surface area (Å²) in [6, 6.07) is 7.99. The van der Waals surface area contributed by atoms with Crippen LogP contribution in [0.4, 0.5) is 9.52 Å². The summed E-state index contributed by atoms with van der Waals surface area (Å²) in [6.45, 7) is 4.55. The van der Waals surface area contributed by atoms with E-state index in [-0.39, 0.29) is 11.7 Å². The van der Waals surface area contributed by atoms with Gasteiger partial charge < -0.3 is 18.9 Å². The standard InChI is InChI=1S/C26H30FN3O5S/c1-32-21-15-18(16-22(33-2)25(21)34-3)5-8-24(31)30(10-4-9-29-11-13-35-14-12-29)26-28-20-7-6-19(27)17-23(20)36-26/h5-8,15-17H,4,9-14H2,1-3H3/b8-5+. The van der Waals surface area contributed by atoms with Crippen LogP contribution in [0.5, 0.6) is 17.2 Å². The summed E-state index contributed by atoms with van der Waals surface area (Å²) in [6.07, 6.45) is 3.98. The number of ether oxygens (including phenoxy) is 4. The Bertz CT molecular complexity index is 1200. The molecule has 4 rings (SSSR count). The Balaban J connectivity index is 1.56. The van der Waals surface area contributed by atoms with Crippen LogP contribution in [0.15, 0.2) is 36.4 Å². The van der Waals surface area contributed by atoms with E-state index < -0.39 is 0 Å². The van der Waals surface area contributed by atoms with Crippen LogP contribution in [0.2, 0.25) is 0 Å². The molecule has 2 aromatic carbocycles. The van der Waals surface area contributed by atoms with Gasteiger partial charge in [-0.25, -0.2) is 9.37 Å². The van der Waals surface area contributed by atoms with Crippen LogP contribution in [0.1, 0.15) is 12.0 Å². The lowest BCUT2D eigenvalue weighted by atomic mass is 10.1. The van der Waals surface area contributed by atoms with Crippen LogP contribution in [0, 0.1) is 5.82 Å². The molecule has 1 aromatic heterocycles. The SMILES string of the molecule is COc1cc(/C=C/C(=O)N(CCCN2CCOCC2)c2nc3ccc(F)cc3s2)cc(OC)c1OC. The van der Waals surface area contributed by atoms with Gasteiger partial charge >= 0.3 is 0 Å². The first kappa shape index (κ1) is 25.9. The van der Waals surface area contributed by atoms with Crippen LogP contribution < -0.4 is 19.1 Å². The first-order chi connectivity index (χ1) is 17.5. The molecule has 192 valence electrons. The summed E-state index contributed by atoms with van der Waals surface area (Å²) in [7, 11) is 4.63. The molecule has 0 unspecified atom stereocenters. The summed E-state index contributed by atoms with van der Waals surface area (Å²) < 4.78 is 36.1. The van der Waals surface area contributed by atoms with E-state index in [4.69, 9.17) is 18.9 Å². The van der Waals surface area contributed by atoms with Gasteiger partial charge in [0.25, 0.3) is 5.91 Å². The second-order valence-electron chi connectivity index (χ2n) is 8.20. The molecule has 8 nitrogen and oxygen atoms in total. The van der Waals surface area contributed by atoms with Crippen molar-refractivity contribution < 1.29 is 28.1 Å². The van der Waals surface area contributed by atoms with Crippen molar-refractivity contribution in [2.45, 2.75) is 6.42 Å². The number of carbonyl (C=O) groups is 1. The van der Waals surface area contributed by atoms with Crippen LogP contribution in [0.25, 0.3) is 16.3 Å². The van der Waals surface area contributed by atoms with Gasteiger partial charge in [0.2, 0.25) is 5.75 Å². The Hall–Kier alpha value is -3.21. The highest BCUT2D eigenvalue weighted by Crippen LogP contribution is 2.38. The number of nitrogens with zero attached hydrogens (tertiary/aromatic N) is 3. The Morgan fingerprint density at radius 3 is 2.53 bits per heavy atom. The minimum Gasteiger partial charge on any atom is -0.493 e. The van der Waals surface area contributed by atoms with Gasteiger partial charge in [0, 0.05) is 32.3 Å². The molecule has 2 heterocycles. The van der Waals surface area contributed by atoms with E-state index in [0.717, 1.165) is 44.8 Å². The van der Waals surface area contributed by atoms with Crippen molar-refractivity contribution in [2.75, 3.05) is 65.6 Å². The van der Waals surface area contributed by atoms with Crippen molar-refractivity contribution >= 4 is 38.7 Å². The third-order valence-corrected chi connectivity index (χ3v) is 6.94. The highest BCUT2D eigenvalue weighted by Gasteiger charge is 2.20. The number of morpholine rings is 1. The molecule has 0 atom stereocenters. The Morgan fingerprint density at radius 1 is 1.14 bits per heavy atom. The van der Waals surface area contributed by atoms with Crippen molar-refractivity contribution in [3.05, 3.63) is 47.8 Å². The molecule has 1 aliphatic heterocycles. The molecular weight excluding hydrogens is 485 g/mol. The number of amides is 1. The quantitative estimate of drug-likeness (QED) is 0.374. The molecule has 1 saturated heterocycles. The monoisotopic (exact) mass is 515 g/mol.